The molecule has 0 aliphatic heterocycles. The maximum absolute atomic E-state index is 5.79. The molecule has 0 saturated carbocycles. The molecule has 108 valence electrons. The summed E-state index contributed by atoms with van der Waals surface area (Å²) in [4.78, 5) is 0. The molecule has 3 rings (SSSR count). The first-order chi connectivity index (χ1) is 10.3. The SMILES string of the molecule is CCOc1ccccc1NCc1c(C)oc2ccccc12. The van der Waals surface area contributed by atoms with Gasteiger partial charge in [0.1, 0.15) is 17.1 Å². The number of rotatable bonds is 5. The molecule has 0 aliphatic rings. The molecule has 3 heteroatoms. The van der Waals surface area contributed by atoms with E-state index in [-0.39, 0.29) is 0 Å². The molecule has 0 radical (unpaired) electrons. The van der Waals surface area contributed by atoms with Crippen LogP contribution >= 0.6 is 0 Å². The number of nitrogens with one attached hydrogen (secondary N) is 1. The molecule has 0 amide bonds. The molecular weight excluding hydrogens is 262 g/mol. The van der Waals surface area contributed by atoms with Crippen LogP contribution in [-0.2, 0) is 6.54 Å². The number of benzene rings is 2. The van der Waals surface area contributed by atoms with E-state index in [2.05, 4.69) is 11.4 Å². The zero-order chi connectivity index (χ0) is 14.7. The average Bonchev–Trinajstić information content (AvgIpc) is 2.82. The van der Waals surface area contributed by atoms with Crippen molar-refractivity contribution in [3.05, 3.63) is 59.9 Å². The van der Waals surface area contributed by atoms with E-state index in [1.807, 2.05) is 56.3 Å². The summed E-state index contributed by atoms with van der Waals surface area (Å²) in [6.07, 6.45) is 0. The normalized spacial score (nSPS) is 10.8. The van der Waals surface area contributed by atoms with Gasteiger partial charge < -0.3 is 14.5 Å². The third-order valence-electron chi connectivity index (χ3n) is 3.54. The van der Waals surface area contributed by atoms with Crippen molar-refractivity contribution in [1.29, 1.82) is 0 Å². The minimum atomic E-state index is 0.659. The molecule has 0 unspecified atom stereocenters. The van der Waals surface area contributed by atoms with E-state index in [4.69, 9.17) is 9.15 Å². The Morgan fingerprint density at radius 1 is 1.05 bits per heavy atom. The van der Waals surface area contributed by atoms with Crippen LogP contribution in [0.5, 0.6) is 5.75 Å². The molecule has 1 heterocycles. The third-order valence-corrected chi connectivity index (χ3v) is 3.54. The quantitative estimate of drug-likeness (QED) is 0.732. The Hall–Kier alpha value is -2.42. The van der Waals surface area contributed by atoms with Gasteiger partial charge in [-0.3, -0.25) is 0 Å². The zero-order valence-electron chi connectivity index (χ0n) is 12.3. The van der Waals surface area contributed by atoms with Crippen LogP contribution in [-0.4, -0.2) is 6.61 Å². The predicted molar refractivity (Wildman–Crippen MR) is 85.9 cm³/mol. The van der Waals surface area contributed by atoms with Crippen molar-refractivity contribution < 1.29 is 9.15 Å². The molecule has 0 fully saturated rings. The summed E-state index contributed by atoms with van der Waals surface area (Å²) in [5, 5.41) is 4.61. The van der Waals surface area contributed by atoms with Crippen LogP contribution in [0.15, 0.2) is 52.9 Å². The average molecular weight is 281 g/mol. The molecule has 3 aromatic rings. The van der Waals surface area contributed by atoms with Gasteiger partial charge in [0.2, 0.25) is 0 Å². The molecule has 1 N–H and O–H groups in total. The lowest BCUT2D eigenvalue weighted by Gasteiger charge is -2.12. The van der Waals surface area contributed by atoms with Gasteiger partial charge in [-0.15, -0.1) is 0 Å². The number of furan rings is 1. The van der Waals surface area contributed by atoms with Crippen molar-refractivity contribution in [2.45, 2.75) is 20.4 Å². The Kier molecular flexibility index (Phi) is 3.82. The fourth-order valence-electron chi connectivity index (χ4n) is 2.52. The van der Waals surface area contributed by atoms with Gasteiger partial charge in [-0.05, 0) is 32.0 Å². The molecule has 0 atom stereocenters. The van der Waals surface area contributed by atoms with E-state index in [9.17, 15) is 0 Å². The minimum Gasteiger partial charge on any atom is -0.492 e. The summed E-state index contributed by atoms with van der Waals surface area (Å²) in [5.41, 5.74) is 3.13. The lowest BCUT2D eigenvalue weighted by molar-refractivity contribution is 0.341. The highest BCUT2D eigenvalue weighted by atomic mass is 16.5. The summed E-state index contributed by atoms with van der Waals surface area (Å²) >= 11 is 0. The van der Waals surface area contributed by atoms with Crippen molar-refractivity contribution in [2.75, 3.05) is 11.9 Å². The lowest BCUT2D eigenvalue weighted by Crippen LogP contribution is -2.03. The van der Waals surface area contributed by atoms with Gasteiger partial charge in [-0.2, -0.15) is 0 Å². The van der Waals surface area contributed by atoms with Gasteiger partial charge in [0.25, 0.3) is 0 Å². The molecule has 21 heavy (non-hydrogen) atoms. The van der Waals surface area contributed by atoms with Gasteiger partial charge in [0.05, 0.1) is 12.3 Å². The molecule has 0 bridgehead atoms. The summed E-state index contributed by atoms with van der Waals surface area (Å²) in [6.45, 7) is 5.37. The van der Waals surface area contributed by atoms with Crippen molar-refractivity contribution >= 4 is 16.7 Å². The second-order valence-corrected chi connectivity index (χ2v) is 4.92. The molecular formula is C18H19NO2. The van der Waals surface area contributed by atoms with Crippen molar-refractivity contribution in [3.8, 4) is 5.75 Å². The first kappa shape index (κ1) is 13.6. The smallest absolute Gasteiger partial charge is 0.142 e. The van der Waals surface area contributed by atoms with Gasteiger partial charge in [0, 0.05) is 17.5 Å². The molecule has 3 nitrogen and oxygen atoms in total. The standard InChI is InChI=1S/C18H19NO2/c1-3-20-18-11-7-5-9-16(18)19-12-15-13(2)21-17-10-6-4-8-14(15)17/h4-11,19H,3,12H2,1-2H3. The van der Waals surface area contributed by atoms with Crippen LogP contribution in [0.1, 0.15) is 18.2 Å². The highest BCUT2D eigenvalue weighted by Crippen LogP contribution is 2.28. The van der Waals surface area contributed by atoms with E-state index >= 15 is 0 Å². The number of hydrogen-bond donors (Lipinski definition) is 1. The fraction of sp³-hybridized carbons (Fsp3) is 0.222. The number of ether oxygens (including phenoxy) is 1. The fourth-order valence-corrected chi connectivity index (χ4v) is 2.52. The Balaban J connectivity index is 1.85. The summed E-state index contributed by atoms with van der Waals surface area (Å²) < 4.78 is 11.4. The number of hydrogen-bond acceptors (Lipinski definition) is 3. The first-order valence-corrected chi connectivity index (χ1v) is 7.22. The van der Waals surface area contributed by atoms with E-state index in [0.29, 0.717) is 13.2 Å². The molecule has 2 aromatic carbocycles. The van der Waals surface area contributed by atoms with Crippen LogP contribution < -0.4 is 10.1 Å². The Bertz CT molecular complexity index is 746. The summed E-state index contributed by atoms with van der Waals surface area (Å²) in [7, 11) is 0. The van der Waals surface area contributed by atoms with Gasteiger partial charge in [0.15, 0.2) is 0 Å². The first-order valence-electron chi connectivity index (χ1n) is 7.22. The summed E-state index contributed by atoms with van der Waals surface area (Å²) in [5.74, 6) is 1.84. The van der Waals surface area contributed by atoms with Crippen molar-refractivity contribution in [3.63, 3.8) is 0 Å². The molecule has 0 saturated heterocycles. The molecule has 0 aliphatic carbocycles. The largest absolute Gasteiger partial charge is 0.492 e. The van der Waals surface area contributed by atoms with Crippen molar-refractivity contribution in [2.24, 2.45) is 0 Å². The Morgan fingerprint density at radius 3 is 2.67 bits per heavy atom. The topological polar surface area (TPSA) is 34.4 Å². The van der Waals surface area contributed by atoms with Crippen LogP contribution in [0.3, 0.4) is 0 Å². The number of aryl methyl sites for hydroxylation is 1. The molecule has 0 spiro atoms. The highest BCUT2D eigenvalue weighted by Gasteiger charge is 2.11. The minimum absolute atomic E-state index is 0.659. The lowest BCUT2D eigenvalue weighted by atomic mass is 10.1. The van der Waals surface area contributed by atoms with Crippen LogP contribution in [0.25, 0.3) is 11.0 Å². The maximum Gasteiger partial charge on any atom is 0.142 e. The Labute approximate surface area is 124 Å². The summed E-state index contributed by atoms with van der Waals surface area (Å²) in [6, 6.07) is 16.1. The van der Waals surface area contributed by atoms with E-state index in [0.717, 1.165) is 28.2 Å². The van der Waals surface area contributed by atoms with Gasteiger partial charge in [-0.25, -0.2) is 0 Å². The zero-order valence-corrected chi connectivity index (χ0v) is 12.3. The maximum atomic E-state index is 5.79. The number of fused-ring (bicyclic) bond motifs is 1. The van der Waals surface area contributed by atoms with E-state index < -0.39 is 0 Å². The second kappa shape index (κ2) is 5.92. The number of anilines is 1. The third kappa shape index (κ3) is 2.72. The second-order valence-electron chi connectivity index (χ2n) is 4.92. The van der Waals surface area contributed by atoms with Crippen LogP contribution in [0.4, 0.5) is 5.69 Å². The number of para-hydroxylation sites is 3. The van der Waals surface area contributed by atoms with E-state index in [1.54, 1.807) is 0 Å². The van der Waals surface area contributed by atoms with Crippen molar-refractivity contribution in [1.82, 2.24) is 0 Å². The van der Waals surface area contributed by atoms with E-state index in [1.165, 1.54) is 5.56 Å². The van der Waals surface area contributed by atoms with Crippen LogP contribution in [0, 0.1) is 6.92 Å². The predicted octanol–water partition coefficient (Wildman–Crippen LogP) is 4.75. The van der Waals surface area contributed by atoms with Gasteiger partial charge >= 0.3 is 0 Å². The highest BCUT2D eigenvalue weighted by molar-refractivity contribution is 5.82. The Morgan fingerprint density at radius 2 is 1.81 bits per heavy atom. The van der Waals surface area contributed by atoms with Gasteiger partial charge in [-0.1, -0.05) is 30.3 Å². The van der Waals surface area contributed by atoms with Crippen LogP contribution in [0.2, 0.25) is 0 Å². The monoisotopic (exact) mass is 281 g/mol. The molecule has 1 aromatic heterocycles.